The Hall–Kier alpha value is -3.54. The predicted octanol–water partition coefficient (Wildman–Crippen LogP) is 3.33. The summed E-state index contributed by atoms with van der Waals surface area (Å²) in [6.07, 6.45) is 3.65. The maximum Gasteiger partial charge on any atom is 0.279 e. The zero-order valence-corrected chi connectivity index (χ0v) is 13.7. The summed E-state index contributed by atoms with van der Waals surface area (Å²) in [5.41, 5.74) is 5.39. The Morgan fingerprint density at radius 1 is 1.04 bits per heavy atom. The van der Waals surface area contributed by atoms with Gasteiger partial charge in [-0.25, -0.2) is 5.43 Å². The second-order valence-corrected chi connectivity index (χ2v) is 5.39. The standard InChI is InChI=1S/C19H17N5O/c1-14(12-15-8-4-2-5-9-15)13-20-23-19-21-18(25)17(22-24-19)16-10-6-3-7-11-16/h2-13H,1H3,(H2,21,23,24,25)/b14-12+,20-13+. The summed E-state index contributed by atoms with van der Waals surface area (Å²) in [5.74, 6) is 0.188. The van der Waals surface area contributed by atoms with Crippen molar-refractivity contribution in [2.24, 2.45) is 5.10 Å². The van der Waals surface area contributed by atoms with Crippen LogP contribution in [0.5, 0.6) is 0 Å². The van der Waals surface area contributed by atoms with E-state index in [0.29, 0.717) is 5.56 Å². The number of nitrogens with one attached hydrogen (secondary N) is 2. The summed E-state index contributed by atoms with van der Waals surface area (Å²) in [7, 11) is 0. The molecule has 0 aliphatic carbocycles. The molecular weight excluding hydrogens is 314 g/mol. The third-order valence-electron chi connectivity index (χ3n) is 3.38. The molecule has 0 bridgehead atoms. The quantitative estimate of drug-likeness (QED) is 0.555. The van der Waals surface area contributed by atoms with Crippen LogP contribution in [0.15, 0.2) is 76.1 Å². The number of aromatic nitrogens is 3. The molecule has 0 aliphatic heterocycles. The first-order valence-corrected chi connectivity index (χ1v) is 7.77. The normalized spacial score (nSPS) is 11.6. The second-order valence-electron chi connectivity index (χ2n) is 5.39. The summed E-state index contributed by atoms with van der Waals surface area (Å²) in [4.78, 5) is 14.7. The maximum absolute atomic E-state index is 12.1. The molecule has 0 spiro atoms. The van der Waals surface area contributed by atoms with E-state index < -0.39 is 0 Å². The van der Waals surface area contributed by atoms with Crippen LogP contribution < -0.4 is 11.0 Å². The first-order valence-electron chi connectivity index (χ1n) is 7.77. The van der Waals surface area contributed by atoms with Crippen molar-refractivity contribution in [2.75, 3.05) is 5.43 Å². The van der Waals surface area contributed by atoms with E-state index in [1.54, 1.807) is 6.21 Å². The lowest BCUT2D eigenvalue weighted by Crippen LogP contribution is -2.15. The van der Waals surface area contributed by atoms with Gasteiger partial charge in [0.05, 0.1) is 6.21 Å². The van der Waals surface area contributed by atoms with Gasteiger partial charge >= 0.3 is 0 Å². The molecule has 0 atom stereocenters. The molecule has 6 nitrogen and oxygen atoms in total. The second kappa shape index (κ2) is 7.83. The van der Waals surface area contributed by atoms with Crippen LogP contribution >= 0.6 is 0 Å². The zero-order chi connectivity index (χ0) is 17.5. The molecule has 1 aromatic heterocycles. The van der Waals surface area contributed by atoms with Crippen LogP contribution in [0.25, 0.3) is 17.3 Å². The lowest BCUT2D eigenvalue weighted by molar-refractivity contribution is 0.947. The Morgan fingerprint density at radius 2 is 1.72 bits per heavy atom. The van der Waals surface area contributed by atoms with Crippen LogP contribution in [-0.4, -0.2) is 21.4 Å². The van der Waals surface area contributed by atoms with Crippen molar-refractivity contribution >= 4 is 18.2 Å². The van der Waals surface area contributed by atoms with Crippen LogP contribution in [0, 0.1) is 0 Å². The minimum atomic E-state index is -0.324. The van der Waals surface area contributed by atoms with E-state index in [-0.39, 0.29) is 17.2 Å². The largest absolute Gasteiger partial charge is 0.288 e. The molecule has 0 amide bonds. The molecule has 2 N–H and O–H groups in total. The molecule has 0 saturated heterocycles. The van der Waals surface area contributed by atoms with Gasteiger partial charge in [-0.1, -0.05) is 66.7 Å². The van der Waals surface area contributed by atoms with Crippen LogP contribution in [0.4, 0.5) is 5.95 Å². The third kappa shape index (κ3) is 4.48. The van der Waals surface area contributed by atoms with Crippen molar-refractivity contribution in [3.8, 4) is 11.3 Å². The average Bonchev–Trinajstić information content (AvgIpc) is 2.63. The maximum atomic E-state index is 12.1. The van der Waals surface area contributed by atoms with E-state index in [0.717, 1.165) is 11.1 Å². The SMILES string of the molecule is CC(/C=N/Nc1nnc(-c2ccccc2)c(=O)[nH]1)=C\c1ccccc1. The van der Waals surface area contributed by atoms with Crippen molar-refractivity contribution < 1.29 is 0 Å². The van der Waals surface area contributed by atoms with Gasteiger partial charge in [0.15, 0.2) is 5.69 Å². The van der Waals surface area contributed by atoms with Crippen molar-refractivity contribution in [1.82, 2.24) is 15.2 Å². The number of rotatable bonds is 5. The molecule has 0 aliphatic rings. The van der Waals surface area contributed by atoms with Gasteiger partial charge in [-0.3, -0.25) is 9.78 Å². The summed E-state index contributed by atoms with van der Waals surface area (Å²) in [6.45, 7) is 1.94. The number of hydrogen-bond acceptors (Lipinski definition) is 5. The Kier molecular flexibility index (Phi) is 5.11. The highest BCUT2D eigenvalue weighted by Crippen LogP contribution is 2.10. The average molecular weight is 331 g/mol. The van der Waals surface area contributed by atoms with Gasteiger partial charge in [0, 0.05) is 5.56 Å². The highest BCUT2D eigenvalue weighted by Gasteiger charge is 2.06. The van der Waals surface area contributed by atoms with E-state index >= 15 is 0 Å². The molecule has 0 unspecified atom stereocenters. The summed E-state index contributed by atoms with van der Waals surface area (Å²) in [6, 6.07) is 19.1. The molecule has 2 aromatic carbocycles. The third-order valence-corrected chi connectivity index (χ3v) is 3.38. The molecular formula is C19H17N5O. The van der Waals surface area contributed by atoms with Crippen molar-refractivity contribution in [1.29, 1.82) is 0 Å². The molecule has 0 radical (unpaired) electrons. The monoisotopic (exact) mass is 331 g/mol. The number of nitrogens with zero attached hydrogens (tertiary/aromatic N) is 3. The number of aromatic amines is 1. The van der Waals surface area contributed by atoms with Crippen LogP contribution in [0.3, 0.4) is 0 Å². The number of hydrogen-bond donors (Lipinski definition) is 2. The Labute approximate surface area is 145 Å². The Balaban J connectivity index is 1.69. The first-order chi connectivity index (χ1) is 12.2. The molecule has 0 saturated carbocycles. The fourth-order valence-corrected chi connectivity index (χ4v) is 2.22. The van der Waals surface area contributed by atoms with Crippen molar-refractivity contribution in [3.05, 3.63) is 82.2 Å². The Bertz CT molecular complexity index is 946. The minimum absolute atomic E-state index is 0.188. The van der Waals surface area contributed by atoms with E-state index in [1.165, 1.54) is 0 Å². The number of benzene rings is 2. The van der Waals surface area contributed by atoms with E-state index in [1.807, 2.05) is 73.7 Å². The van der Waals surface area contributed by atoms with Gasteiger partial charge in [-0.2, -0.15) is 5.10 Å². The molecule has 25 heavy (non-hydrogen) atoms. The summed E-state index contributed by atoms with van der Waals surface area (Å²) < 4.78 is 0. The molecule has 6 heteroatoms. The zero-order valence-electron chi connectivity index (χ0n) is 13.7. The summed E-state index contributed by atoms with van der Waals surface area (Å²) in [5, 5.41) is 12.0. The molecule has 0 fully saturated rings. The van der Waals surface area contributed by atoms with Gasteiger partial charge in [0.25, 0.3) is 5.56 Å². The van der Waals surface area contributed by atoms with Crippen LogP contribution in [-0.2, 0) is 0 Å². The molecule has 124 valence electrons. The lowest BCUT2D eigenvalue weighted by atomic mass is 10.1. The Morgan fingerprint density at radius 3 is 2.40 bits per heavy atom. The number of hydrazone groups is 1. The van der Waals surface area contributed by atoms with Crippen molar-refractivity contribution in [3.63, 3.8) is 0 Å². The lowest BCUT2D eigenvalue weighted by Gasteiger charge is -2.01. The van der Waals surface area contributed by atoms with Gasteiger partial charge in [-0.15, -0.1) is 10.2 Å². The molecule has 3 aromatic rings. The first kappa shape index (κ1) is 16.3. The van der Waals surface area contributed by atoms with Gasteiger partial charge < -0.3 is 0 Å². The van der Waals surface area contributed by atoms with Crippen LogP contribution in [0.1, 0.15) is 12.5 Å². The molecule has 1 heterocycles. The van der Waals surface area contributed by atoms with Gasteiger partial charge in [0.1, 0.15) is 0 Å². The topological polar surface area (TPSA) is 83.0 Å². The summed E-state index contributed by atoms with van der Waals surface area (Å²) >= 11 is 0. The number of anilines is 1. The number of H-pyrrole nitrogens is 1. The van der Waals surface area contributed by atoms with Crippen molar-refractivity contribution in [2.45, 2.75) is 6.92 Å². The fourth-order valence-electron chi connectivity index (χ4n) is 2.22. The predicted molar refractivity (Wildman–Crippen MR) is 100 cm³/mol. The minimum Gasteiger partial charge on any atom is -0.288 e. The van der Waals surface area contributed by atoms with E-state index in [2.05, 4.69) is 25.7 Å². The van der Waals surface area contributed by atoms with E-state index in [4.69, 9.17) is 0 Å². The molecule has 3 rings (SSSR count). The highest BCUT2D eigenvalue weighted by atomic mass is 16.1. The van der Waals surface area contributed by atoms with E-state index in [9.17, 15) is 4.79 Å². The van der Waals surface area contributed by atoms with Gasteiger partial charge in [0.2, 0.25) is 5.95 Å². The van der Waals surface area contributed by atoms with Crippen LogP contribution in [0.2, 0.25) is 0 Å². The highest BCUT2D eigenvalue weighted by molar-refractivity contribution is 5.85. The number of allylic oxidation sites excluding steroid dienone is 1. The fraction of sp³-hybridized carbons (Fsp3) is 0.0526. The smallest absolute Gasteiger partial charge is 0.279 e. The van der Waals surface area contributed by atoms with Gasteiger partial charge in [-0.05, 0) is 18.1 Å².